The van der Waals surface area contributed by atoms with Crippen molar-refractivity contribution in [2.24, 2.45) is 0 Å². The number of anilines is 1. The maximum absolute atomic E-state index is 13.3. The molecule has 2 aromatic carbocycles. The Bertz CT molecular complexity index is 750. The Hall–Kier alpha value is -2.17. The lowest BCUT2D eigenvalue weighted by atomic mass is 10.0. The van der Waals surface area contributed by atoms with Gasteiger partial charge in [-0.15, -0.1) is 0 Å². The maximum atomic E-state index is 13.3. The molecular formula is C22H29N2O2+. The van der Waals surface area contributed by atoms with Crippen LogP contribution in [0.4, 0.5) is 5.69 Å². The van der Waals surface area contributed by atoms with Gasteiger partial charge in [-0.05, 0) is 44.9 Å². The molecule has 1 aliphatic rings. The van der Waals surface area contributed by atoms with Gasteiger partial charge in [-0.2, -0.15) is 0 Å². The van der Waals surface area contributed by atoms with Gasteiger partial charge in [-0.25, -0.2) is 0 Å². The first kappa shape index (κ1) is 18.6. The van der Waals surface area contributed by atoms with E-state index in [1.165, 1.54) is 4.90 Å². The van der Waals surface area contributed by atoms with Crippen LogP contribution in [0, 0.1) is 13.8 Å². The number of carbonyl (C=O) groups excluding carboxylic acids is 1. The summed E-state index contributed by atoms with van der Waals surface area (Å²) in [5.74, 6) is 0.0428. The highest BCUT2D eigenvalue weighted by molar-refractivity contribution is 5.95. The number of ether oxygens (including phenoxy) is 1. The van der Waals surface area contributed by atoms with Crippen LogP contribution in [-0.2, 0) is 9.53 Å². The van der Waals surface area contributed by atoms with Crippen molar-refractivity contribution in [2.75, 3.05) is 18.4 Å². The predicted molar refractivity (Wildman–Crippen MR) is 104 cm³/mol. The van der Waals surface area contributed by atoms with Crippen molar-refractivity contribution in [1.29, 1.82) is 0 Å². The first-order chi connectivity index (χ1) is 12.4. The number of hydrogen-bond acceptors (Lipinski definition) is 2. The molecule has 2 aromatic rings. The Morgan fingerprint density at radius 3 is 2.38 bits per heavy atom. The minimum absolute atomic E-state index is 0.0428. The molecule has 3 atom stereocenters. The third kappa shape index (κ3) is 4.32. The zero-order valence-corrected chi connectivity index (χ0v) is 16.1. The summed E-state index contributed by atoms with van der Waals surface area (Å²) in [6.45, 7) is 9.88. The zero-order valence-electron chi connectivity index (χ0n) is 16.1. The van der Waals surface area contributed by atoms with Crippen LogP contribution in [0.25, 0.3) is 0 Å². The van der Waals surface area contributed by atoms with E-state index in [1.807, 2.05) is 56.3 Å². The van der Waals surface area contributed by atoms with Crippen molar-refractivity contribution in [2.45, 2.75) is 45.9 Å². The van der Waals surface area contributed by atoms with Crippen LogP contribution in [0.5, 0.6) is 0 Å². The molecule has 1 heterocycles. The Morgan fingerprint density at radius 2 is 1.73 bits per heavy atom. The first-order valence-electron chi connectivity index (χ1n) is 9.37. The van der Waals surface area contributed by atoms with Gasteiger partial charge in [0.05, 0.1) is 0 Å². The molecule has 1 aliphatic heterocycles. The Balaban J connectivity index is 1.90. The number of rotatable bonds is 4. The van der Waals surface area contributed by atoms with E-state index >= 15 is 0 Å². The fourth-order valence-electron chi connectivity index (χ4n) is 3.84. The van der Waals surface area contributed by atoms with Crippen LogP contribution >= 0.6 is 0 Å². The standard InChI is InChI=1S/C22H28N2O2/c1-15-10-11-16(2)20(12-15)23-22(25)21(19-8-6-5-7-9-19)24-13-17(3)26-18(4)14-24/h5-12,17-18,21H,13-14H2,1-4H3,(H,23,25)/p+1/t17-,18-,21+/m1/s1. The molecule has 0 radical (unpaired) electrons. The van der Waals surface area contributed by atoms with Gasteiger partial charge < -0.3 is 15.0 Å². The van der Waals surface area contributed by atoms with E-state index in [9.17, 15) is 4.79 Å². The molecule has 0 spiro atoms. The summed E-state index contributed by atoms with van der Waals surface area (Å²) in [5.41, 5.74) is 4.16. The minimum atomic E-state index is -0.245. The number of aryl methyl sites for hydroxylation is 2. The van der Waals surface area contributed by atoms with E-state index in [4.69, 9.17) is 4.74 Å². The number of amides is 1. The van der Waals surface area contributed by atoms with Gasteiger partial charge in [0.1, 0.15) is 25.3 Å². The molecule has 138 valence electrons. The average Bonchev–Trinajstić information content (AvgIpc) is 2.58. The van der Waals surface area contributed by atoms with Gasteiger partial charge in [-0.1, -0.05) is 42.5 Å². The largest absolute Gasteiger partial charge is 0.364 e. The summed E-state index contributed by atoms with van der Waals surface area (Å²) in [4.78, 5) is 14.6. The Morgan fingerprint density at radius 1 is 1.08 bits per heavy atom. The number of carbonyl (C=O) groups is 1. The summed E-state index contributed by atoms with van der Waals surface area (Å²) in [6.07, 6.45) is 0.293. The lowest BCUT2D eigenvalue weighted by Crippen LogP contribution is -3.16. The second kappa shape index (κ2) is 8.02. The van der Waals surface area contributed by atoms with Crippen molar-refractivity contribution in [3.05, 3.63) is 65.2 Å². The van der Waals surface area contributed by atoms with Gasteiger partial charge in [0.15, 0.2) is 6.04 Å². The highest BCUT2D eigenvalue weighted by Gasteiger charge is 2.37. The molecule has 1 amide bonds. The third-order valence-electron chi connectivity index (χ3n) is 5.02. The van der Waals surface area contributed by atoms with E-state index in [1.54, 1.807) is 0 Å². The zero-order chi connectivity index (χ0) is 18.7. The van der Waals surface area contributed by atoms with E-state index in [0.717, 1.165) is 35.5 Å². The smallest absolute Gasteiger partial charge is 0.287 e. The van der Waals surface area contributed by atoms with Crippen molar-refractivity contribution >= 4 is 11.6 Å². The SMILES string of the molecule is Cc1ccc(C)c(NC(=O)[C@H](c2ccccc2)[NH+]2C[C@@H](C)O[C@H](C)C2)c1. The van der Waals surface area contributed by atoms with Crippen LogP contribution in [0.3, 0.4) is 0 Å². The second-order valence-corrected chi connectivity index (χ2v) is 7.48. The molecule has 2 N–H and O–H groups in total. The van der Waals surface area contributed by atoms with Crippen LogP contribution in [-0.4, -0.2) is 31.2 Å². The minimum Gasteiger partial charge on any atom is -0.364 e. The summed E-state index contributed by atoms with van der Waals surface area (Å²) < 4.78 is 5.88. The average molecular weight is 353 g/mol. The van der Waals surface area contributed by atoms with Crippen molar-refractivity contribution in [3.8, 4) is 0 Å². The molecule has 3 rings (SSSR count). The summed E-state index contributed by atoms with van der Waals surface area (Å²) >= 11 is 0. The Labute approximate surface area is 156 Å². The van der Waals surface area contributed by atoms with Gasteiger partial charge >= 0.3 is 0 Å². The molecule has 0 unspecified atom stereocenters. The van der Waals surface area contributed by atoms with Gasteiger partial charge in [0, 0.05) is 11.3 Å². The third-order valence-corrected chi connectivity index (χ3v) is 5.02. The van der Waals surface area contributed by atoms with Gasteiger partial charge in [0.2, 0.25) is 0 Å². The van der Waals surface area contributed by atoms with Crippen LogP contribution in [0.1, 0.15) is 36.6 Å². The summed E-state index contributed by atoms with van der Waals surface area (Å²) in [6, 6.07) is 16.0. The summed E-state index contributed by atoms with van der Waals surface area (Å²) in [5, 5.41) is 3.18. The summed E-state index contributed by atoms with van der Waals surface area (Å²) in [7, 11) is 0. The van der Waals surface area contributed by atoms with E-state index in [-0.39, 0.29) is 24.2 Å². The molecule has 4 heteroatoms. The number of hydrogen-bond donors (Lipinski definition) is 2. The molecule has 4 nitrogen and oxygen atoms in total. The number of quaternary nitrogens is 1. The molecule has 1 saturated heterocycles. The number of morpholine rings is 1. The topological polar surface area (TPSA) is 42.8 Å². The monoisotopic (exact) mass is 353 g/mol. The molecule has 0 aromatic heterocycles. The van der Waals surface area contributed by atoms with Crippen molar-refractivity contribution in [3.63, 3.8) is 0 Å². The van der Waals surface area contributed by atoms with Crippen LogP contribution in [0.2, 0.25) is 0 Å². The predicted octanol–water partition coefficient (Wildman–Crippen LogP) is 2.68. The lowest BCUT2D eigenvalue weighted by Gasteiger charge is -2.36. The molecule has 0 saturated carbocycles. The fourth-order valence-corrected chi connectivity index (χ4v) is 3.84. The van der Waals surface area contributed by atoms with E-state index < -0.39 is 0 Å². The fraction of sp³-hybridized carbons (Fsp3) is 0.409. The normalized spacial score (nSPS) is 24.1. The highest BCUT2D eigenvalue weighted by atomic mass is 16.5. The molecule has 0 bridgehead atoms. The maximum Gasteiger partial charge on any atom is 0.287 e. The van der Waals surface area contributed by atoms with Crippen molar-refractivity contribution < 1.29 is 14.4 Å². The molecule has 26 heavy (non-hydrogen) atoms. The number of benzene rings is 2. The van der Waals surface area contributed by atoms with E-state index in [2.05, 4.69) is 25.2 Å². The first-order valence-corrected chi connectivity index (χ1v) is 9.37. The van der Waals surface area contributed by atoms with E-state index in [0.29, 0.717) is 0 Å². The van der Waals surface area contributed by atoms with Crippen LogP contribution in [0.15, 0.2) is 48.5 Å². The number of nitrogens with one attached hydrogen (secondary N) is 2. The molecular weight excluding hydrogens is 324 g/mol. The quantitative estimate of drug-likeness (QED) is 0.887. The van der Waals surface area contributed by atoms with Gasteiger partial charge in [-0.3, -0.25) is 4.79 Å². The molecule has 1 fully saturated rings. The molecule has 0 aliphatic carbocycles. The van der Waals surface area contributed by atoms with Gasteiger partial charge in [0.25, 0.3) is 5.91 Å². The Kier molecular flexibility index (Phi) is 5.74. The second-order valence-electron chi connectivity index (χ2n) is 7.48. The van der Waals surface area contributed by atoms with Crippen molar-refractivity contribution in [1.82, 2.24) is 0 Å². The lowest BCUT2D eigenvalue weighted by molar-refractivity contribution is -0.936. The highest BCUT2D eigenvalue weighted by Crippen LogP contribution is 2.19. The van der Waals surface area contributed by atoms with Crippen LogP contribution < -0.4 is 10.2 Å².